The fraction of sp³-hybridized carbons (Fsp3) is 0.588. The maximum Gasteiger partial charge on any atom is 0.523 e. The second-order valence-corrected chi connectivity index (χ2v) is 9.74. The summed E-state index contributed by atoms with van der Waals surface area (Å²) in [6.07, 6.45) is -5.14. The average molecular weight is 498 g/mol. The quantitative estimate of drug-likeness (QED) is 0.348. The molecule has 1 aromatic rings. The number of nitrogens with zero attached hydrogens (tertiary/aromatic N) is 1. The number of ether oxygens (including phenoxy) is 1. The van der Waals surface area contributed by atoms with Gasteiger partial charge in [0.15, 0.2) is 6.10 Å². The van der Waals surface area contributed by atoms with E-state index in [1.165, 1.54) is 26.8 Å². The molecule has 1 heterocycles. The first-order valence-electron chi connectivity index (χ1n) is 8.65. The van der Waals surface area contributed by atoms with Gasteiger partial charge in [-0.05, 0) is 38.8 Å². The van der Waals surface area contributed by atoms with Crippen molar-refractivity contribution in [1.29, 1.82) is 0 Å². The lowest BCUT2D eigenvalue weighted by Gasteiger charge is -2.30. The number of hydrogen-bond acceptors (Lipinski definition) is 5. The summed E-state index contributed by atoms with van der Waals surface area (Å²) >= 11 is 5.64. The molecule has 0 N–H and O–H groups in total. The van der Waals surface area contributed by atoms with Crippen molar-refractivity contribution in [1.82, 2.24) is 4.90 Å². The monoisotopic (exact) mass is 497 g/mol. The molecule has 0 radical (unpaired) electrons. The van der Waals surface area contributed by atoms with Crippen LogP contribution in [0.5, 0.6) is 0 Å². The molecule has 0 saturated carbocycles. The summed E-state index contributed by atoms with van der Waals surface area (Å²) in [7, 11) is -6.46. The highest BCUT2D eigenvalue weighted by atomic mass is 35.5. The first-order valence-corrected chi connectivity index (χ1v) is 10.4. The lowest BCUT2D eigenvalue weighted by molar-refractivity contribution is -0.0902. The van der Waals surface area contributed by atoms with Crippen molar-refractivity contribution in [2.45, 2.75) is 56.4 Å². The number of alkyl halides is 5. The van der Waals surface area contributed by atoms with Crippen LogP contribution >= 0.6 is 11.6 Å². The third-order valence-corrected chi connectivity index (χ3v) is 5.47. The Balaban J connectivity index is 2.51. The summed E-state index contributed by atoms with van der Waals surface area (Å²) in [5.74, 6) is -5.30. The van der Waals surface area contributed by atoms with Gasteiger partial charge in [0, 0.05) is 0 Å². The van der Waals surface area contributed by atoms with E-state index >= 15 is 0 Å². The average Bonchev–Trinajstić information content (AvgIpc) is 2.80. The molecule has 0 bridgehead atoms. The van der Waals surface area contributed by atoms with Crippen molar-refractivity contribution >= 4 is 27.8 Å². The molecule has 0 aliphatic carbocycles. The Morgan fingerprint density at radius 2 is 1.84 bits per heavy atom. The Morgan fingerprint density at radius 1 is 1.26 bits per heavy atom. The van der Waals surface area contributed by atoms with Crippen LogP contribution in [0.25, 0.3) is 0 Å². The smallest absolute Gasteiger partial charge is 0.444 e. The molecule has 14 heteroatoms. The van der Waals surface area contributed by atoms with Gasteiger partial charge in [-0.2, -0.15) is 21.6 Å². The number of rotatable bonds is 4. The second kappa shape index (κ2) is 8.32. The Hall–Kier alpha value is -1.73. The Kier molecular flexibility index (Phi) is 6.85. The molecule has 1 saturated heterocycles. The van der Waals surface area contributed by atoms with Gasteiger partial charge in [-0.3, -0.25) is 9.08 Å². The summed E-state index contributed by atoms with van der Waals surface area (Å²) in [4.78, 5) is 12.8. The summed E-state index contributed by atoms with van der Waals surface area (Å²) in [5.41, 5.74) is -7.51. The lowest BCUT2D eigenvalue weighted by Crippen LogP contribution is -2.47. The minimum absolute atomic E-state index is 0.322. The predicted octanol–water partition coefficient (Wildman–Crippen LogP) is 4.51. The SMILES string of the molecule is CC(C)(C)OC(=O)N1CC(F)(F)C(OS(=O)(=O)C(F)(F)F)C1Cc1cccc(Cl)c1F. The number of likely N-dealkylation sites (tertiary alicyclic amines) is 1. The van der Waals surface area contributed by atoms with Gasteiger partial charge in [0.2, 0.25) is 0 Å². The molecule has 1 amide bonds. The van der Waals surface area contributed by atoms with Crippen LogP contribution in [-0.4, -0.2) is 55.1 Å². The molecule has 1 aromatic carbocycles. The van der Waals surface area contributed by atoms with E-state index in [2.05, 4.69) is 4.18 Å². The van der Waals surface area contributed by atoms with E-state index in [4.69, 9.17) is 16.3 Å². The fourth-order valence-corrected chi connectivity index (χ4v) is 3.72. The molecule has 0 aromatic heterocycles. The number of benzene rings is 1. The lowest BCUT2D eigenvalue weighted by atomic mass is 10.0. The highest BCUT2D eigenvalue weighted by Crippen LogP contribution is 2.40. The van der Waals surface area contributed by atoms with E-state index in [-0.39, 0.29) is 5.56 Å². The summed E-state index contributed by atoms with van der Waals surface area (Å²) in [6.45, 7) is 2.72. The largest absolute Gasteiger partial charge is 0.523 e. The molecule has 176 valence electrons. The molecular weight excluding hydrogens is 480 g/mol. The van der Waals surface area contributed by atoms with E-state index < -0.39 is 69.2 Å². The Labute approximate surface area is 179 Å². The summed E-state index contributed by atoms with van der Waals surface area (Å²) < 4.78 is 113. The van der Waals surface area contributed by atoms with Crippen molar-refractivity contribution in [3.8, 4) is 0 Å². The zero-order valence-corrected chi connectivity index (χ0v) is 17.9. The van der Waals surface area contributed by atoms with Crippen LogP contribution in [0.4, 0.5) is 31.1 Å². The van der Waals surface area contributed by atoms with Crippen molar-refractivity contribution in [3.63, 3.8) is 0 Å². The minimum atomic E-state index is -6.46. The first kappa shape index (κ1) is 25.5. The van der Waals surface area contributed by atoms with E-state index in [9.17, 15) is 39.6 Å². The Bertz CT molecular complexity index is 947. The second-order valence-electron chi connectivity index (χ2n) is 7.77. The molecule has 31 heavy (non-hydrogen) atoms. The molecule has 6 nitrogen and oxygen atoms in total. The van der Waals surface area contributed by atoms with E-state index in [1.807, 2.05) is 0 Å². The minimum Gasteiger partial charge on any atom is -0.444 e. The molecule has 0 spiro atoms. The van der Waals surface area contributed by atoms with Gasteiger partial charge in [-0.25, -0.2) is 18.0 Å². The van der Waals surface area contributed by atoms with Crippen LogP contribution in [0.2, 0.25) is 5.02 Å². The van der Waals surface area contributed by atoms with Crippen molar-refractivity contribution in [3.05, 3.63) is 34.6 Å². The van der Waals surface area contributed by atoms with Gasteiger partial charge in [0.05, 0.1) is 17.6 Å². The fourth-order valence-electron chi connectivity index (χ4n) is 2.87. The number of hydrogen-bond donors (Lipinski definition) is 0. The van der Waals surface area contributed by atoms with Crippen LogP contribution in [0, 0.1) is 5.82 Å². The molecule has 1 fully saturated rings. The van der Waals surface area contributed by atoms with Crippen LogP contribution in [0.15, 0.2) is 18.2 Å². The molecule has 2 rings (SSSR count). The number of amides is 1. The van der Waals surface area contributed by atoms with Crippen LogP contribution in [0.3, 0.4) is 0 Å². The molecule has 2 atom stereocenters. The normalized spacial score (nSPS) is 21.9. The van der Waals surface area contributed by atoms with Crippen molar-refractivity contribution in [2.24, 2.45) is 0 Å². The van der Waals surface area contributed by atoms with Crippen molar-refractivity contribution in [2.75, 3.05) is 6.54 Å². The van der Waals surface area contributed by atoms with E-state index in [0.29, 0.717) is 4.90 Å². The maximum absolute atomic E-state index is 14.6. The highest BCUT2D eigenvalue weighted by molar-refractivity contribution is 7.87. The highest BCUT2D eigenvalue weighted by Gasteiger charge is 2.62. The van der Waals surface area contributed by atoms with E-state index in [0.717, 1.165) is 12.1 Å². The standard InChI is InChI=1S/C17H18ClF6NO5S/c1-15(2,3)29-14(26)25-8-16(20,21)13(30-31(27,28)17(22,23)24)11(25)7-9-5-4-6-10(18)12(9)19/h4-6,11,13H,7-8H2,1-3H3. The summed E-state index contributed by atoms with van der Waals surface area (Å²) in [6, 6.07) is 1.46. The van der Waals surface area contributed by atoms with Gasteiger partial charge >= 0.3 is 21.7 Å². The number of halogens is 7. The van der Waals surface area contributed by atoms with E-state index in [1.54, 1.807) is 0 Å². The molecule has 2 unspecified atom stereocenters. The zero-order chi connectivity index (χ0) is 24.0. The predicted molar refractivity (Wildman–Crippen MR) is 96.6 cm³/mol. The molecule has 1 aliphatic rings. The molecule has 1 aliphatic heterocycles. The van der Waals surface area contributed by atoms with Gasteiger partial charge < -0.3 is 4.74 Å². The van der Waals surface area contributed by atoms with Crippen LogP contribution in [0.1, 0.15) is 26.3 Å². The van der Waals surface area contributed by atoms with Crippen molar-refractivity contribution < 1.29 is 48.5 Å². The number of carbonyl (C=O) groups is 1. The van der Waals surface area contributed by atoms with Crippen LogP contribution in [-0.2, 0) is 25.5 Å². The zero-order valence-electron chi connectivity index (χ0n) is 16.3. The number of carbonyl (C=O) groups excluding carboxylic acids is 1. The van der Waals surface area contributed by atoms with Gasteiger partial charge in [0.1, 0.15) is 11.4 Å². The molecular formula is C17H18ClF6NO5S. The van der Waals surface area contributed by atoms with Gasteiger partial charge in [-0.1, -0.05) is 23.7 Å². The Morgan fingerprint density at radius 3 is 2.35 bits per heavy atom. The summed E-state index contributed by atoms with van der Waals surface area (Å²) in [5, 5.41) is -0.411. The van der Waals surface area contributed by atoms with Gasteiger partial charge in [0.25, 0.3) is 5.92 Å². The topological polar surface area (TPSA) is 72.9 Å². The first-order chi connectivity index (χ1) is 13.9. The van der Waals surface area contributed by atoms with Gasteiger partial charge in [-0.15, -0.1) is 0 Å². The third-order valence-electron chi connectivity index (χ3n) is 4.15. The maximum atomic E-state index is 14.6. The van der Waals surface area contributed by atoms with Crippen LogP contribution < -0.4 is 0 Å². The third kappa shape index (κ3) is 5.75.